The third kappa shape index (κ3) is 2.78. The summed E-state index contributed by atoms with van der Waals surface area (Å²) in [7, 11) is -2.64. The Morgan fingerprint density at radius 3 is 2.07 bits per heavy atom. The first kappa shape index (κ1) is 18.0. The van der Waals surface area contributed by atoms with Gasteiger partial charge < -0.3 is 5.11 Å². The Morgan fingerprint density at radius 2 is 1.39 bits per heavy atom. The zero-order chi connectivity index (χ0) is 19.9. The molecule has 0 atom stereocenters. The van der Waals surface area contributed by atoms with E-state index in [4.69, 9.17) is 0 Å². The van der Waals surface area contributed by atoms with Gasteiger partial charge in [0.1, 0.15) is 5.70 Å². The molecule has 1 heterocycles. The first-order valence-corrected chi connectivity index (χ1v) is 10.1. The van der Waals surface area contributed by atoms with Crippen LogP contribution in [-0.2, 0) is 10.0 Å². The van der Waals surface area contributed by atoms with E-state index in [0.717, 1.165) is 15.4 Å². The van der Waals surface area contributed by atoms with Crippen molar-refractivity contribution in [1.82, 2.24) is 4.31 Å². The fraction of sp³-hybridized carbons (Fsp3) is 0.0455. The molecule has 0 unspecified atom stereocenters. The molecule has 3 aromatic rings. The van der Waals surface area contributed by atoms with Gasteiger partial charge in [0.2, 0.25) is 5.78 Å². The minimum atomic E-state index is -3.91. The minimum absolute atomic E-state index is 0.0222. The highest BCUT2D eigenvalue weighted by atomic mass is 32.2. The van der Waals surface area contributed by atoms with Gasteiger partial charge in [0.05, 0.1) is 4.90 Å². The van der Waals surface area contributed by atoms with Gasteiger partial charge in [0, 0.05) is 18.2 Å². The summed E-state index contributed by atoms with van der Waals surface area (Å²) in [5.74, 6) is -0.900. The monoisotopic (exact) mass is 391 g/mol. The Morgan fingerprint density at radius 1 is 0.821 bits per heavy atom. The topological polar surface area (TPSA) is 74.7 Å². The number of rotatable bonds is 3. The van der Waals surface area contributed by atoms with E-state index < -0.39 is 15.8 Å². The van der Waals surface area contributed by atoms with Crippen LogP contribution in [0.1, 0.15) is 15.9 Å². The van der Waals surface area contributed by atoms with Gasteiger partial charge >= 0.3 is 0 Å². The molecule has 0 saturated heterocycles. The van der Waals surface area contributed by atoms with Crippen LogP contribution in [0.5, 0.6) is 0 Å². The second-order valence-electron chi connectivity index (χ2n) is 6.44. The fourth-order valence-corrected chi connectivity index (χ4v) is 4.66. The number of aliphatic hydroxyl groups is 1. The number of ketones is 1. The maximum absolute atomic E-state index is 13.0. The van der Waals surface area contributed by atoms with Crippen molar-refractivity contribution in [2.45, 2.75) is 4.90 Å². The number of allylic oxidation sites excluding steroid dienone is 1. The molecule has 0 aromatic heterocycles. The number of hydrogen-bond donors (Lipinski definition) is 1. The molecule has 0 saturated carbocycles. The molecule has 0 bridgehead atoms. The Bertz CT molecular complexity index is 1200. The van der Waals surface area contributed by atoms with Crippen LogP contribution in [0.4, 0.5) is 0 Å². The Labute approximate surface area is 163 Å². The van der Waals surface area contributed by atoms with Gasteiger partial charge in [-0.05, 0) is 23.3 Å². The molecule has 1 N–H and O–H groups in total. The molecule has 0 fully saturated rings. The summed E-state index contributed by atoms with van der Waals surface area (Å²) in [5.41, 5.74) is 2.11. The van der Waals surface area contributed by atoms with Crippen molar-refractivity contribution in [2.75, 3.05) is 7.05 Å². The van der Waals surface area contributed by atoms with Gasteiger partial charge in [-0.15, -0.1) is 0 Å². The lowest BCUT2D eigenvalue weighted by atomic mass is 10.00. The van der Waals surface area contributed by atoms with Crippen LogP contribution >= 0.6 is 0 Å². The van der Waals surface area contributed by atoms with Crippen molar-refractivity contribution in [3.63, 3.8) is 0 Å². The van der Waals surface area contributed by atoms with Crippen LogP contribution in [0.25, 0.3) is 16.9 Å². The summed E-state index contributed by atoms with van der Waals surface area (Å²) >= 11 is 0. The van der Waals surface area contributed by atoms with Crippen molar-refractivity contribution in [3.05, 3.63) is 95.7 Å². The van der Waals surface area contributed by atoms with Crippen LogP contribution in [0, 0.1) is 0 Å². The van der Waals surface area contributed by atoms with E-state index in [1.807, 2.05) is 30.3 Å². The highest BCUT2D eigenvalue weighted by Gasteiger charge is 2.37. The van der Waals surface area contributed by atoms with Crippen molar-refractivity contribution < 1.29 is 18.3 Å². The maximum Gasteiger partial charge on any atom is 0.265 e. The van der Waals surface area contributed by atoms with Gasteiger partial charge in [0.15, 0.2) is 5.76 Å². The molecular formula is C22H17NO4S. The largest absolute Gasteiger partial charge is 0.505 e. The van der Waals surface area contributed by atoms with Crippen LogP contribution in [0.15, 0.2) is 89.5 Å². The number of sulfonamides is 1. The van der Waals surface area contributed by atoms with Crippen LogP contribution in [0.2, 0.25) is 0 Å². The van der Waals surface area contributed by atoms with Crippen molar-refractivity contribution in [3.8, 4) is 11.1 Å². The summed E-state index contributed by atoms with van der Waals surface area (Å²) in [4.78, 5) is 13.0. The Balaban J connectivity index is 1.77. The van der Waals surface area contributed by atoms with Gasteiger partial charge in [-0.2, -0.15) is 0 Å². The van der Waals surface area contributed by atoms with Crippen molar-refractivity contribution in [1.29, 1.82) is 0 Å². The van der Waals surface area contributed by atoms with Crippen LogP contribution in [0.3, 0.4) is 0 Å². The second kappa shape index (κ2) is 6.65. The third-order valence-corrected chi connectivity index (χ3v) is 6.60. The van der Waals surface area contributed by atoms with Crippen LogP contribution < -0.4 is 0 Å². The zero-order valence-corrected chi connectivity index (χ0v) is 15.8. The number of fused-ring (bicyclic) bond motifs is 1. The molecule has 0 spiro atoms. The highest BCUT2D eigenvalue weighted by Crippen LogP contribution is 2.35. The summed E-state index contributed by atoms with van der Waals surface area (Å²) in [6.45, 7) is 0. The van der Waals surface area contributed by atoms with E-state index in [9.17, 15) is 18.3 Å². The predicted octanol–water partition coefficient (Wildman–Crippen LogP) is 4.10. The number of likely N-dealkylation sites (N-methyl/N-ethyl adjacent to an activating group) is 1. The van der Waals surface area contributed by atoms with Gasteiger partial charge in [-0.25, -0.2) is 8.42 Å². The molecule has 1 aliphatic rings. The number of hydrogen-bond acceptors (Lipinski definition) is 4. The summed E-state index contributed by atoms with van der Waals surface area (Å²) in [6.07, 6.45) is 0. The molecule has 1 aliphatic heterocycles. The van der Waals surface area contributed by atoms with Crippen molar-refractivity contribution >= 4 is 21.6 Å². The van der Waals surface area contributed by atoms with E-state index in [-0.39, 0.29) is 21.9 Å². The van der Waals surface area contributed by atoms with Crippen LogP contribution in [-0.4, -0.2) is 30.7 Å². The molecule has 4 rings (SSSR count). The molecule has 140 valence electrons. The van der Waals surface area contributed by atoms with E-state index >= 15 is 0 Å². The average molecular weight is 391 g/mol. The first-order chi connectivity index (χ1) is 13.4. The number of Topliss-reactive ketones (excluding diaryl/α,β-unsaturated/α-hetero) is 1. The van der Waals surface area contributed by atoms with E-state index in [0.29, 0.717) is 5.56 Å². The molecular weight excluding hydrogens is 374 g/mol. The minimum Gasteiger partial charge on any atom is -0.505 e. The average Bonchev–Trinajstić information content (AvgIpc) is 2.73. The van der Waals surface area contributed by atoms with Gasteiger partial charge in [0.25, 0.3) is 10.0 Å². The van der Waals surface area contributed by atoms with Gasteiger partial charge in [-0.3, -0.25) is 9.10 Å². The highest BCUT2D eigenvalue weighted by molar-refractivity contribution is 7.89. The molecule has 0 aliphatic carbocycles. The van der Waals surface area contributed by atoms with E-state index in [2.05, 4.69) is 0 Å². The number of carbonyl (C=O) groups is 1. The SMILES string of the molecule is CN1C(C(=O)c2ccc(-c3ccccc3)cc2)=C(O)c2ccccc2S1(=O)=O. The smallest absolute Gasteiger partial charge is 0.265 e. The number of carbonyl (C=O) groups excluding carboxylic acids is 1. The van der Waals surface area contributed by atoms with Crippen molar-refractivity contribution in [2.24, 2.45) is 0 Å². The van der Waals surface area contributed by atoms with Gasteiger partial charge in [-0.1, -0.05) is 66.7 Å². The molecule has 3 aromatic carbocycles. The summed E-state index contributed by atoms with van der Waals surface area (Å²) in [5, 5.41) is 10.6. The molecule has 0 amide bonds. The molecule has 5 nitrogen and oxygen atoms in total. The lowest BCUT2D eigenvalue weighted by Crippen LogP contribution is -2.35. The predicted molar refractivity (Wildman–Crippen MR) is 107 cm³/mol. The van der Waals surface area contributed by atoms with E-state index in [1.54, 1.807) is 36.4 Å². The number of benzene rings is 3. The zero-order valence-electron chi connectivity index (χ0n) is 15.0. The number of aliphatic hydroxyl groups excluding tert-OH is 1. The third-order valence-electron chi connectivity index (χ3n) is 4.79. The normalized spacial score (nSPS) is 15.2. The lowest BCUT2D eigenvalue weighted by molar-refractivity contribution is 0.101. The van der Waals surface area contributed by atoms with E-state index in [1.165, 1.54) is 19.2 Å². The lowest BCUT2D eigenvalue weighted by Gasteiger charge is -2.28. The Hall–Kier alpha value is -3.38. The molecule has 28 heavy (non-hydrogen) atoms. The Kier molecular flexibility index (Phi) is 4.28. The number of nitrogens with zero attached hydrogens (tertiary/aromatic N) is 1. The summed E-state index contributed by atoms with van der Waals surface area (Å²) in [6, 6.07) is 22.6. The summed E-state index contributed by atoms with van der Waals surface area (Å²) < 4.78 is 26.4. The maximum atomic E-state index is 13.0. The standard InChI is InChI=1S/C22H17NO4S/c1-23-20(22(25)18-9-5-6-10-19(18)28(23,26)27)21(24)17-13-11-16(12-14-17)15-7-3-2-4-8-15/h2-14,25H,1H3. The first-order valence-electron chi connectivity index (χ1n) is 8.63. The quantitative estimate of drug-likeness (QED) is 0.682. The fourth-order valence-electron chi connectivity index (χ4n) is 3.26. The molecule has 6 heteroatoms. The second-order valence-corrected chi connectivity index (χ2v) is 8.38. The molecule has 0 radical (unpaired) electrons.